The molecule has 2 unspecified atom stereocenters. The third-order valence-corrected chi connectivity index (χ3v) is 6.55. The molecule has 0 saturated heterocycles. The van der Waals surface area contributed by atoms with Gasteiger partial charge in [-0.3, -0.25) is 4.79 Å². The molecular weight excluding hydrogens is 446 g/mol. The van der Waals surface area contributed by atoms with Crippen LogP contribution < -0.4 is 14.8 Å². The van der Waals surface area contributed by atoms with Gasteiger partial charge in [0.05, 0.1) is 25.7 Å². The van der Waals surface area contributed by atoms with Crippen molar-refractivity contribution in [2.75, 3.05) is 14.2 Å². The summed E-state index contributed by atoms with van der Waals surface area (Å²) in [7, 11) is 3.06. The van der Waals surface area contributed by atoms with Gasteiger partial charge < -0.3 is 24.6 Å². The predicted molar refractivity (Wildman–Crippen MR) is 131 cm³/mol. The van der Waals surface area contributed by atoms with Gasteiger partial charge in [0.1, 0.15) is 18.1 Å². The SMILES string of the molecule is COc1ccc(COC(=O)C2=C(C)NC3=CC(C)(C)CC(=O)C3C2c2ccc(OC)c(O)c2)cc1. The van der Waals surface area contributed by atoms with Crippen molar-refractivity contribution < 1.29 is 28.9 Å². The summed E-state index contributed by atoms with van der Waals surface area (Å²) in [4.78, 5) is 26.8. The van der Waals surface area contributed by atoms with Crippen molar-refractivity contribution in [3.63, 3.8) is 0 Å². The molecule has 2 atom stereocenters. The van der Waals surface area contributed by atoms with E-state index in [0.29, 0.717) is 34.8 Å². The maximum atomic E-state index is 13.4. The minimum Gasteiger partial charge on any atom is -0.504 e. The molecule has 7 nitrogen and oxygen atoms in total. The number of phenols is 1. The van der Waals surface area contributed by atoms with Gasteiger partial charge >= 0.3 is 5.97 Å². The van der Waals surface area contributed by atoms with E-state index in [1.54, 1.807) is 37.4 Å². The molecular formula is C28H31NO6. The van der Waals surface area contributed by atoms with E-state index in [1.165, 1.54) is 7.11 Å². The summed E-state index contributed by atoms with van der Waals surface area (Å²) in [5.41, 5.74) is 2.93. The quantitative estimate of drug-likeness (QED) is 0.587. The summed E-state index contributed by atoms with van der Waals surface area (Å²) in [6.45, 7) is 5.92. The monoisotopic (exact) mass is 477 g/mol. The number of fused-ring (bicyclic) bond motifs is 1. The summed E-state index contributed by atoms with van der Waals surface area (Å²) in [5.74, 6) is -0.682. The first kappa shape index (κ1) is 24.4. The van der Waals surface area contributed by atoms with Gasteiger partial charge in [0.2, 0.25) is 0 Å². The maximum absolute atomic E-state index is 13.4. The molecule has 2 aliphatic rings. The van der Waals surface area contributed by atoms with Crippen molar-refractivity contribution in [1.82, 2.24) is 5.32 Å². The van der Waals surface area contributed by atoms with Crippen molar-refractivity contribution in [2.24, 2.45) is 11.3 Å². The molecule has 1 heterocycles. The summed E-state index contributed by atoms with van der Waals surface area (Å²) in [6, 6.07) is 12.3. The third kappa shape index (κ3) is 4.90. The number of aromatic hydroxyl groups is 1. The number of carbonyl (C=O) groups excluding carboxylic acids is 2. The van der Waals surface area contributed by atoms with Gasteiger partial charge in [-0.05, 0) is 47.7 Å². The van der Waals surface area contributed by atoms with E-state index < -0.39 is 17.8 Å². The van der Waals surface area contributed by atoms with Gasteiger partial charge in [-0.15, -0.1) is 0 Å². The van der Waals surface area contributed by atoms with Crippen molar-refractivity contribution >= 4 is 11.8 Å². The van der Waals surface area contributed by atoms with E-state index in [1.807, 2.05) is 32.9 Å². The van der Waals surface area contributed by atoms with Crippen LogP contribution in [0.3, 0.4) is 0 Å². The summed E-state index contributed by atoms with van der Waals surface area (Å²) < 4.78 is 16.1. The molecule has 2 aromatic carbocycles. The highest BCUT2D eigenvalue weighted by atomic mass is 16.5. The standard InChI is InChI=1S/C28H31NO6/c1-16-24(27(32)35-15-17-6-9-19(33-4)10-7-17)25(18-8-11-23(34-5)21(30)12-18)26-20(29-16)13-28(2,3)14-22(26)31/h6-13,25-26,29-30H,14-15H2,1-5H3. The first-order valence-corrected chi connectivity index (χ1v) is 11.5. The number of ketones is 1. The number of hydrogen-bond donors (Lipinski definition) is 2. The van der Waals surface area contributed by atoms with E-state index in [0.717, 1.165) is 11.3 Å². The predicted octanol–water partition coefficient (Wildman–Crippen LogP) is 4.61. The number of allylic oxidation sites excluding steroid dienone is 3. The molecule has 1 aliphatic carbocycles. The van der Waals surface area contributed by atoms with E-state index >= 15 is 0 Å². The number of Topliss-reactive ketones (excluding diaryl/α,β-unsaturated/α-hetero) is 1. The summed E-state index contributed by atoms with van der Waals surface area (Å²) in [6.07, 6.45) is 2.42. The first-order valence-electron chi connectivity index (χ1n) is 11.5. The molecule has 35 heavy (non-hydrogen) atoms. The Morgan fingerprint density at radius 3 is 2.43 bits per heavy atom. The molecule has 0 spiro atoms. The molecule has 0 radical (unpaired) electrons. The Labute approximate surface area is 205 Å². The average Bonchev–Trinajstić information content (AvgIpc) is 2.81. The number of nitrogens with one attached hydrogen (secondary N) is 1. The number of phenolic OH excluding ortho intramolecular Hbond substituents is 1. The van der Waals surface area contributed by atoms with Gasteiger partial charge in [-0.2, -0.15) is 0 Å². The van der Waals surface area contributed by atoms with E-state index in [4.69, 9.17) is 14.2 Å². The lowest BCUT2D eigenvalue weighted by Gasteiger charge is -2.41. The fourth-order valence-electron chi connectivity index (χ4n) is 4.95. The molecule has 184 valence electrons. The minimum absolute atomic E-state index is 0.0354. The second-order valence-electron chi connectivity index (χ2n) is 9.71. The zero-order valence-corrected chi connectivity index (χ0v) is 20.7. The van der Waals surface area contributed by atoms with Gasteiger partial charge in [0.25, 0.3) is 0 Å². The number of carbonyl (C=O) groups is 2. The highest BCUT2D eigenvalue weighted by Gasteiger charge is 2.46. The Morgan fingerprint density at radius 1 is 1.09 bits per heavy atom. The van der Waals surface area contributed by atoms with Crippen LogP contribution in [0.1, 0.15) is 44.2 Å². The second kappa shape index (κ2) is 9.49. The lowest BCUT2D eigenvalue weighted by Crippen LogP contribution is -2.43. The first-order chi connectivity index (χ1) is 16.6. The molecule has 7 heteroatoms. The molecule has 4 rings (SSSR count). The Morgan fingerprint density at radius 2 is 1.80 bits per heavy atom. The molecule has 0 amide bonds. The van der Waals surface area contributed by atoms with E-state index in [9.17, 15) is 14.7 Å². The molecule has 0 aromatic heterocycles. The molecule has 0 saturated carbocycles. The Kier molecular flexibility index (Phi) is 6.61. The normalized spacial score (nSPS) is 20.9. The topological polar surface area (TPSA) is 94.1 Å². The zero-order chi connectivity index (χ0) is 25.3. The Bertz CT molecular complexity index is 1210. The Balaban J connectivity index is 1.73. The number of ether oxygens (including phenoxy) is 3. The zero-order valence-electron chi connectivity index (χ0n) is 20.7. The number of rotatable bonds is 6. The van der Waals surface area contributed by atoms with E-state index in [2.05, 4.69) is 11.4 Å². The second-order valence-corrected chi connectivity index (χ2v) is 9.71. The minimum atomic E-state index is -0.605. The lowest BCUT2D eigenvalue weighted by atomic mass is 9.66. The van der Waals surface area contributed by atoms with Crippen LogP contribution in [0.5, 0.6) is 17.2 Å². The molecule has 1 aliphatic heterocycles. The highest BCUT2D eigenvalue weighted by Crippen LogP contribution is 2.48. The molecule has 2 N–H and O–H groups in total. The fraction of sp³-hybridized carbons (Fsp3) is 0.357. The van der Waals surface area contributed by atoms with Gasteiger partial charge in [0, 0.05) is 23.7 Å². The summed E-state index contributed by atoms with van der Waals surface area (Å²) in [5, 5.41) is 13.8. The average molecular weight is 478 g/mol. The van der Waals surface area contributed by atoms with Crippen molar-refractivity contribution in [3.05, 3.63) is 76.6 Å². The van der Waals surface area contributed by atoms with Crippen molar-refractivity contribution in [1.29, 1.82) is 0 Å². The number of esters is 1. The Hall–Kier alpha value is -3.74. The highest BCUT2D eigenvalue weighted by molar-refractivity contribution is 5.96. The van der Waals surface area contributed by atoms with Crippen molar-refractivity contribution in [2.45, 2.75) is 39.7 Å². The van der Waals surface area contributed by atoms with Crippen LogP contribution in [0.25, 0.3) is 0 Å². The van der Waals surface area contributed by atoms with Crippen molar-refractivity contribution in [3.8, 4) is 17.2 Å². The third-order valence-electron chi connectivity index (χ3n) is 6.55. The number of hydrogen-bond acceptors (Lipinski definition) is 7. The molecule has 2 aromatic rings. The van der Waals surface area contributed by atoms with E-state index in [-0.39, 0.29) is 23.6 Å². The molecule has 0 bridgehead atoms. The van der Waals surface area contributed by atoms with Crippen LogP contribution >= 0.6 is 0 Å². The van der Waals surface area contributed by atoms with Gasteiger partial charge in [0.15, 0.2) is 11.5 Å². The van der Waals surface area contributed by atoms with Crippen LogP contribution in [0.15, 0.2) is 65.5 Å². The number of methoxy groups -OCH3 is 2. The van der Waals surface area contributed by atoms with Crippen LogP contribution in [0.2, 0.25) is 0 Å². The van der Waals surface area contributed by atoms with Gasteiger partial charge in [-0.25, -0.2) is 4.79 Å². The summed E-state index contributed by atoms with van der Waals surface area (Å²) >= 11 is 0. The van der Waals surface area contributed by atoms with Crippen LogP contribution in [-0.2, 0) is 20.9 Å². The maximum Gasteiger partial charge on any atom is 0.336 e. The van der Waals surface area contributed by atoms with Crippen LogP contribution in [-0.4, -0.2) is 31.1 Å². The van der Waals surface area contributed by atoms with Crippen LogP contribution in [0, 0.1) is 11.3 Å². The smallest absolute Gasteiger partial charge is 0.336 e. The lowest BCUT2D eigenvalue weighted by molar-refractivity contribution is -0.141. The molecule has 0 fully saturated rings. The largest absolute Gasteiger partial charge is 0.504 e. The fourth-order valence-corrected chi connectivity index (χ4v) is 4.95. The number of benzene rings is 2. The van der Waals surface area contributed by atoms with Crippen LogP contribution in [0.4, 0.5) is 0 Å². The van der Waals surface area contributed by atoms with Gasteiger partial charge in [-0.1, -0.05) is 38.1 Å².